The number of para-hydroxylation sites is 3. The Morgan fingerprint density at radius 1 is 0.490 bits per heavy atom. The number of hydrogen-bond acceptors (Lipinski definition) is 3. The molecule has 49 heavy (non-hydrogen) atoms. The molecule has 2 aliphatic carbocycles. The summed E-state index contributed by atoms with van der Waals surface area (Å²) in [5, 5.41) is 4.82. The van der Waals surface area contributed by atoms with E-state index >= 15 is 0 Å². The molecule has 8 aromatic rings. The molecule has 0 spiro atoms. The SMILES string of the molecule is CC1(C)c2cc(N(c3ccccc3S)c3cccc4c3oc3ccccc34)ccc2-c2cc3c(cc21)-c1cc2ccccc2cc1C3(C)C. The Morgan fingerprint density at radius 2 is 1.06 bits per heavy atom. The lowest BCUT2D eigenvalue weighted by Crippen LogP contribution is -2.17. The van der Waals surface area contributed by atoms with Gasteiger partial charge in [0.15, 0.2) is 5.58 Å². The van der Waals surface area contributed by atoms with E-state index < -0.39 is 0 Å². The topological polar surface area (TPSA) is 16.4 Å². The normalized spacial score (nSPS) is 15.0. The summed E-state index contributed by atoms with van der Waals surface area (Å²) >= 11 is 4.97. The summed E-state index contributed by atoms with van der Waals surface area (Å²) in [6, 6.07) is 48.6. The zero-order valence-corrected chi connectivity index (χ0v) is 28.9. The third kappa shape index (κ3) is 3.91. The summed E-state index contributed by atoms with van der Waals surface area (Å²) < 4.78 is 6.59. The fourth-order valence-electron chi connectivity index (χ4n) is 8.74. The van der Waals surface area contributed by atoms with Crippen LogP contribution in [0.25, 0.3) is 55.0 Å². The predicted octanol–water partition coefficient (Wildman–Crippen LogP) is 13.1. The van der Waals surface area contributed by atoms with Crippen molar-refractivity contribution in [3.8, 4) is 22.3 Å². The van der Waals surface area contributed by atoms with Crippen LogP contribution in [0, 0.1) is 0 Å². The number of anilines is 3. The van der Waals surface area contributed by atoms with Crippen LogP contribution in [-0.4, -0.2) is 0 Å². The van der Waals surface area contributed by atoms with Gasteiger partial charge in [0, 0.05) is 32.2 Å². The number of benzene rings is 7. The third-order valence-electron chi connectivity index (χ3n) is 11.3. The van der Waals surface area contributed by atoms with E-state index in [1.54, 1.807) is 0 Å². The van der Waals surface area contributed by atoms with Gasteiger partial charge in [0.05, 0.1) is 11.4 Å². The lowest BCUT2D eigenvalue weighted by molar-refractivity contribution is 0.652. The van der Waals surface area contributed by atoms with E-state index in [1.807, 2.05) is 18.2 Å². The van der Waals surface area contributed by atoms with Crippen LogP contribution in [0.15, 0.2) is 143 Å². The largest absolute Gasteiger partial charge is 0.454 e. The van der Waals surface area contributed by atoms with Crippen LogP contribution in [-0.2, 0) is 10.8 Å². The first-order valence-corrected chi connectivity index (χ1v) is 17.5. The van der Waals surface area contributed by atoms with Crippen molar-refractivity contribution in [2.45, 2.75) is 43.4 Å². The van der Waals surface area contributed by atoms with E-state index in [1.165, 1.54) is 55.3 Å². The molecule has 3 heteroatoms. The Morgan fingerprint density at radius 3 is 1.84 bits per heavy atom. The van der Waals surface area contributed by atoms with Crippen LogP contribution >= 0.6 is 12.6 Å². The van der Waals surface area contributed by atoms with Crippen molar-refractivity contribution in [2.75, 3.05) is 4.90 Å². The van der Waals surface area contributed by atoms with Crippen LogP contribution < -0.4 is 4.90 Å². The molecule has 0 atom stereocenters. The van der Waals surface area contributed by atoms with Gasteiger partial charge < -0.3 is 9.32 Å². The van der Waals surface area contributed by atoms with Gasteiger partial charge >= 0.3 is 0 Å². The molecule has 0 aliphatic heterocycles. The average molecular weight is 650 g/mol. The molecular weight excluding hydrogens is 615 g/mol. The smallest absolute Gasteiger partial charge is 0.159 e. The summed E-state index contributed by atoms with van der Waals surface area (Å²) in [4.78, 5) is 3.22. The second-order valence-electron chi connectivity index (χ2n) is 14.7. The molecule has 0 saturated heterocycles. The quantitative estimate of drug-likeness (QED) is 0.192. The highest BCUT2D eigenvalue weighted by atomic mass is 32.1. The van der Waals surface area contributed by atoms with Crippen LogP contribution in [0.3, 0.4) is 0 Å². The fourth-order valence-corrected chi connectivity index (χ4v) is 9.00. The molecule has 0 radical (unpaired) electrons. The standard InChI is InChI=1S/C46H35NOS/c1-45(2)36-23-28-13-6-5-12-27(28)22-33(36)35-26-38-34(25-39(35)45)30-21-20-29(24-37(30)46(38,3)4)47(40-16-8-10-19-43(40)49)41-17-11-15-32-31-14-7-9-18-42(31)48-44(32)41/h5-26,49H,1-4H3. The Hall–Kier alpha value is -5.25. The van der Waals surface area contributed by atoms with E-state index in [9.17, 15) is 0 Å². The van der Waals surface area contributed by atoms with Crippen molar-refractivity contribution < 1.29 is 4.42 Å². The van der Waals surface area contributed by atoms with E-state index in [0.29, 0.717) is 0 Å². The van der Waals surface area contributed by atoms with Gasteiger partial charge in [-0.15, -0.1) is 12.6 Å². The molecule has 0 fully saturated rings. The van der Waals surface area contributed by atoms with Gasteiger partial charge in [0.2, 0.25) is 0 Å². The minimum atomic E-state index is -0.197. The maximum Gasteiger partial charge on any atom is 0.159 e. The summed E-state index contributed by atoms with van der Waals surface area (Å²) in [7, 11) is 0. The average Bonchev–Trinajstić information content (AvgIpc) is 3.68. The van der Waals surface area contributed by atoms with Crippen molar-refractivity contribution in [1.29, 1.82) is 0 Å². The van der Waals surface area contributed by atoms with Crippen LogP contribution in [0.5, 0.6) is 0 Å². The van der Waals surface area contributed by atoms with Gasteiger partial charge in [0.1, 0.15) is 5.58 Å². The van der Waals surface area contributed by atoms with Gasteiger partial charge in [-0.05, 0) is 116 Å². The van der Waals surface area contributed by atoms with Crippen molar-refractivity contribution in [1.82, 2.24) is 0 Å². The van der Waals surface area contributed by atoms with Gasteiger partial charge in [-0.1, -0.05) is 100 Å². The minimum Gasteiger partial charge on any atom is -0.454 e. The molecule has 0 saturated carbocycles. The summed E-state index contributed by atoms with van der Waals surface area (Å²) in [5.41, 5.74) is 15.5. The molecule has 10 rings (SSSR count). The molecule has 0 unspecified atom stereocenters. The zero-order chi connectivity index (χ0) is 33.2. The highest BCUT2D eigenvalue weighted by molar-refractivity contribution is 7.80. The molecule has 0 amide bonds. The first-order valence-electron chi connectivity index (χ1n) is 17.1. The molecule has 7 aromatic carbocycles. The molecular formula is C46H35NOS. The molecule has 0 bridgehead atoms. The minimum absolute atomic E-state index is 0.0884. The Kier molecular flexibility index (Phi) is 5.81. The molecule has 2 nitrogen and oxygen atoms in total. The highest BCUT2D eigenvalue weighted by Crippen LogP contribution is 2.57. The number of hydrogen-bond donors (Lipinski definition) is 1. The number of fused-ring (bicyclic) bond motifs is 10. The summed E-state index contributed by atoms with van der Waals surface area (Å²) in [6.45, 7) is 9.53. The van der Waals surface area contributed by atoms with Crippen molar-refractivity contribution in [3.63, 3.8) is 0 Å². The van der Waals surface area contributed by atoms with Crippen LogP contribution in [0.1, 0.15) is 49.9 Å². The number of thiol groups is 1. The second-order valence-corrected chi connectivity index (χ2v) is 15.2. The highest BCUT2D eigenvalue weighted by Gasteiger charge is 2.42. The molecule has 1 aromatic heterocycles. The molecule has 2 aliphatic rings. The van der Waals surface area contributed by atoms with Crippen molar-refractivity contribution in [2.24, 2.45) is 0 Å². The van der Waals surface area contributed by atoms with E-state index in [-0.39, 0.29) is 10.8 Å². The first-order chi connectivity index (χ1) is 23.7. The summed E-state index contributed by atoms with van der Waals surface area (Å²) in [5.74, 6) is 0. The Labute approximate surface area is 292 Å². The fraction of sp³-hybridized carbons (Fsp3) is 0.130. The Balaban J connectivity index is 1.17. The monoisotopic (exact) mass is 649 g/mol. The molecule has 0 N–H and O–H groups in total. The van der Waals surface area contributed by atoms with E-state index in [4.69, 9.17) is 17.0 Å². The van der Waals surface area contributed by atoms with Gasteiger partial charge in [-0.3, -0.25) is 0 Å². The van der Waals surface area contributed by atoms with Crippen molar-refractivity contribution >= 4 is 62.4 Å². The lowest BCUT2D eigenvalue weighted by atomic mass is 9.79. The zero-order valence-electron chi connectivity index (χ0n) is 28.0. The maximum atomic E-state index is 6.59. The van der Waals surface area contributed by atoms with Crippen LogP contribution in [0.4, 0.5) is 17.1 Å². The second kappa shape index (κ2) is 9.90. The van der Waals surface area contributed by atoms with Gasteiger partial charge in [-0.2, -0.15) is 0 Å². The van der Waals surface area contributed by atoms with Crippen LogP contribution in [0.2, 0.25) is 0 Å². The lowest BCUT2D eigenvalue weighted by Gasteiger charge is -2.29. The van der Waals surface area contributed by atoms with Crippen molar-refractivity contribution in [3.05, 3.63) is 156 Å². The Bertz CT molecular complexity index is 2690. The predicted molar refractivity (Wildman–Crippen MR) is 208 cm³/mol. The van der Waals surface area contributed by atoms with Gasteiger partial charge in [0.25, 0.3) is 0 Å². The summed E-state index contributed by atoms with van der Waals surface area (Å²) in [6.07, 6.45) is 0. The van der Waals surface area contributed by atoms with E-state index in [2.05, 4.69) is 148 Å². The number of rotatable bonds is 3. The number of nitrogens with zero attached hydrogens (tertiary/aromatic N) is 1. The first kappa shape index (κ1) is 28.7. The number of furan rings is 1. The molecule has 236 valence electrons. The third-order valence-corrected chi connectivity index (χ3v) is 11.7. The van der Waals surface area contributed by atoms with Gasteiger partial charge in [-0.25, -0.2) is 0 Å². The van der Waals surface area contributed by atoms with E-state index in [0.717, 1.165) is 43.9 Å². The maximum absolute atomic E-state index is 6.59. The molecule has 1 heterocycles.